The first-order chi connectivity index (χ1) is 21.4. The normalized spacial score (nSPS) is 31.4. The van der Waals surface area contributed by atoms with Gasteiger partial charge in [0.2, 0.25) is 15.8 Å². The van der Waals surface area contributed by atoms with Crippen LogP contribution in [0.1, 0.15) is 36.8 Å². The zero-order valence-corrected chi connectivity index (χ0v) is 27.7. The van der Waals surface area contributed by atoms with E-state index in [4.69, 9.17) is 5.73 Å². The number of primary amides is 1. The SMILES string of the molecule is CSc1c2sc(C3=C(C(=O)O)N4C(=O)[C@H]([C@@H](C)O)[C@H]4[C@H]3C)cn2c[n+]1Cc1cccc(C[N+]23CC[N+](C(N)=O)(CC2)CC3C)c1. The molecule has 7 heterocycles. The number of amides is 3. The summed E-state index contributed by atoms with van der Waals surface area (Å²) in [5.74, 6) is -2.22. The number of quaternary nitrogens is 2. The van der Waals surface area contributed by atoms with Crippen LogP contribution in [0.3, 0.4) is 0 Å². The number of β-lactam (4-membered cyclic amide) rings is 1. The number of imidazole rings is 1. The van der Waals surface area contributed by atoms with Crippen LogP contribution in [-0.4, -0.2) is 104 Å². The Labute approximate surface area is 270 Å². The van der Waals surface area contributed by atoms with Crippen molar-refractivity contribution in [1.82, 2.24) is 9.30 Å². The number of piperazine rings is 3. The van der Waals surface area contributed by atoms with Gasteiger partial charge in [-0.2, -0.15) is 4.40 Å². The Hall–Kier alpha value is -3.23. The Morgan fingerprint density at radius 1 is 1.20 bits per heavy atom. The molecule has 5 aliphatic heterocycles. The van der Waals surface area contributed by atoms with E-state index in [1.54, 1.807) is 30.0 Å². The number of hydrogen-bond donors (Lipinski definition) is 3. The molecule has 3 aromatic rings. The van der Waals surface area contributed by atoms with Crippen molar-refractivity contribution >= 4 is 51.4 Å². The van der Waals surface area contributed by atoms with Crippen molar-refractivity contribution in [3.63, 3.8) is 0 Å². The molecule has 0 saturated carbocycles. The summed E-state index contributed by atoms with van der Waals surface area (Å²) in [5.41, 5.74) is 9.01. The number of nitrogens with zero attached hydrogens (tertiary/aromatic N) is 5. The third kappa shape index (κ3) is 4.49. The molecule has 1 unspecified atom stereocenters. The van der Waals surface area contributed by atoms with Crippen molar-refractivity contribution < 1.29 is 38.1 Å². The molecule has 4 N–H and O–H groups in total. The van der Waals surface area contributed by atoms with Gasteiger partial charge < -0.3 is 25.3 Å². The number of carboxylic acid groups (broad SMARTS) is 1. The van der Waals surface area contributed by atoms with Crippen molar-refractivity contribution in [2.45, 2.75) is 57.1 Å². The lowest BCUT2D eigenvalue weighted by Gasteiger charge is -2.56. The molecule has 4 saturated heterocycles. The number of rotatable bonds is 8. The van der Waals surface area contributed by atoms with Gasteiger partial charge in [-0.05, 0) is 31.7 Å². The van der Waals surface area contributed by atoms with Gasteiger partial charge in [-0.25, -0.2) is 18.6 Å². The van der Waals surface area contributed by atoms with Crippen LogP contribution in [0.2, 0.25) is 0 Å². The van der Waals surface area contributed by atoms with E-state index in [9.17, 15) is 24.6 Å². The number of benzene rings is 1. The summed E-state index contributed by atoms with van der Waals surface area (Å²) >= 11 is 3.20. The zero-order valence-electron chi connectivity index (χ0n) is 26.0. The molecule has 0 spiro atoms. The molecule has 1 aromatic carbocycles. The highest BCUT2D eigenvalue weighted by Gasteiger charge is 2.60. The highest BCUT2D eigenvalue weighted by Crippen LogP contribution is 2.51. The van der Waals surface area contributed by atoms with E-state index < -0.39 is 18.0 Å². The molecule has 3 amide bonds. The van der Waals surface area contributed by atoms with Crippen molar-refractivity contribution in [2.75, 3.05) is 39.0 Å². The first-order valence-electron chi connectivity index (χ1n) is 15.6. The van der Waals surface area contributed by atoms with E-state index in [-0.39, 0.29) is 29.6 Å². The van der Waals surface area contributed by atoms with Gasteiger partial charge in [0.15, 0.2) is 0 Å². The van der Waals surface area contributed by atoms with Crippen LogP contribution in [0.5, 0.6) is 0 Å². The second-order valence-electron chi connectivity index (χ2n) is 13.5. The number of thiazole rings is 1. The van der Waals surface area contributed by atoms with Crippen LogP contribution < -0.4 is 10.3 Å². The minimum Gasteiger partial charge on any atom is -0.477 e. The Balaban J connectivity index is 1.15. The number of carbonyl (C=O) groups excluding carboxylic acids is 2. The predicted molar refractivity (Wildman–Crippen MR) is 170 cm³/mol. The van der Waals surface area contributed by atoms with E-state index in [2.05, 4.69) is 52.7 Å². The molecule has 4 fully saturated rings. The highest BCUT2D eigenvalue weighted by molar-refractivity contribution is 7.98. The zero-order chi connectivity index (χ0) is 32.0. The molecular formula is C32H41N6O5S2+3. The van der Waals surface area contributed by atoms with E-state index in [0.717, 1.165) is 58.5 Å². The fourth-order valence-corrected chi connectivity index (χ4v) is 10.8. The number of carbonyl (C=O) groups is 3. The average molecular weight is 654 g/mol. The molecule has 2 bridgehead atoms. The maximum Gasteiger partial charge on any atom is 0.414 e. The van der Waals surface area contributed by atoms with Crippen molar-refractivity contribution in [1.29, 1.82) is 0 Å². The van der Waals surface area contributed by atoms with Gasteiger partial charge in [0, 0.05) is 17.1 Å². The Kier molecular flexibility index (Phi) is 7.21. The van der Waals surface area contributed by atoms with Gasteiger partial charge in [-0.15, -0.1) is 0 Å². The lowest BCUT2D eigenvalue weighted by atomic mass is 9.77. The third-order valence-electron chi connectivity index (χ3n) is 11.0. The van der Waals surface area contributed by atoms with Crippen LogP contribution >= 0.6 is 23.1 Å². The first-order valence-corrected chi connectivity index (χ1v) is 17.6. The summed E-state index contributed by atoms with van der Waals surface area (Å²) in [6.07, 6.45) is 5.26. The molecule has 45 heavy (non-hydrogen) atoms. The number of aliphatic carboxylic acids is 1. The molecule has 8 rings (SSSR count). The lowest BCUT2D eigenvalue weighted by Crippen LogP contribution is -2.79. The van der Waals surface area contributed by atoms with Crippen molar-refractivity contribution in [3.8, 4) is 0 Å². The molecule has 238 valence electrons. The van der Waals surface area contributed by atoms with Crippen molar-refractivity contribution in [2.24, 2.45) is 17.6 Å². The van der Waals surface area contributed by atoms with Crippen molar-refractivity contribution in [3.05, 3.63) is 58.5 Å². The Morgan fingerprint density at radius 2 is 1.91 bits per heavy atom. The highest BCUT2D eigenvalue weighted by atomic mass is 32.2. The number of aromatic nitrogens is 2. The van der Waals surface area contributed by atoms with Gasteiger partial charge in [-0.3, -0.25) is 4.79 Å². The van der Waals surface area contributed by atoms with Crippen LogP contribution in [0.25, 0.3) is 10.4 Å². The van der Waals surface area contributed by atoms with Gasteiger partial charge in [0.1, 0.15) is 63.7 Å². The molecule has 2 aromatic heterocycles. The molecule has 5 atom stereocenters. The quantitative estimate of drug-likeness (QED) is 0.148. The lowest BCUT2D eigenvalue weighted by molar-refractivity contribution is -1.07. The van der Waals surface area contributed by atoms with E-state index in [0.29, 0.717) is 22.6 Å². The second-order valence-corrected chi connectivity index (χ2v) is 15.3. The molecule has 13 heteroatoms. The minimum atomic E-state index is -1.12. The number of aliphatic hydroxyl groups excluding tert-OH is 1. The van der Waals surface area contributed by atoms with Crippen LogP contribution in [0, 0.1) is 11.8 Å². The molecule has 0 radical (unpaired) electrons. The minimum absolute atomic E-state index is 0.0386. The third-order valence-corrected chi connectivity index (χ3v) is 13.1. The maximum absolute atomic E-state index is 12.8. The van der Waals surface area contributed by atoms with Gasteiger partial charge in [0.25, 0.3) is 6.33 Å². The van der Waals surface area contributed by atoms with Crippen LogP contribution in [0.4, 0.5) is 4.79 Å². The average Bonchev–Trinajstić information content (AvgIpc) is 3.60. The number of thioether (sulfide) groups is 1. The molecule has 11 nitrogen and oxygen atoms in total. The number of fused-ring (bicyclic) bond motifs is 5. The monoisotopic (exact) mass is 653 g/mol. The van der Waals surface area contributed by atoms with Crippen LogP contribution in [0.15, 0.2) is 47.5 Å². The molecule has 0 aliphatic carbocycles. The second kappa shape index (κ2) is 10.7. The van der Waals surface area contributed by atoms with Crippen LogP contribution in [-0.2, 0) is 22.7 Å². The number of urea groups is 1. The summed E-state index contributed by atoms with van der Waals surface area (Å²) in [6.45, 7) is 11.8. The fraction of sp³-hybridized carbons (Fsp3) is 0.500. The first kappa shape index (κ1) is 30.4. The maximum atomic E-state index is 12.8. The molecular weight excluding hydrogens is 613 g/mol. The summed E-state index contributed by atoms with van der Waals surface area (Å²) in [5, 5.41) is 21.4. The number of carboxylic acids is 1. The topological polar surface area (TPSA) is 129 Å². The van der Waals surface area contributed by atoms with Gasteiger partial charge in [-0.1, -0.05) is 48.2 Å². The standard InChI is InChI=1S/C32H39N6O5S2/c1-18-15-38(32(33)43)10-8-37(18,9-11-38)16-22-7-5-6-21(12-22)13-34-17-35-14-23(45-30(35)29(34)44-4)24-19(2)26-25(20(3)39)28(40)36(26)27(24)31(41)42/h5-7,12,14,17-20,25-26,39H,8-11,13,15-16H2,1-4H3,(H-2,33,41,42,43)/q+1/p+2/t18?,19-,20+,25+,26+,37?,38?/m0/s1. The van der Waals surface area contributed by atoms with Gasteiger partial charge >= 0.3 is 12.0 Å². The van der Waals surface area contributed by atoms with Gasteiger partial charge in [0.05, 0.1) is 22.9 Å². The van der Waals surface area contributed by atoms with E-state index in [1.165, 1.54) is 16.0 Å². The Morgan fingerprint density at radius 3 is 2.53 bits per heavy atom. The Bertz CT molecular complexity index is 1770. The summed E-state index contributed by atoms with van der Waals surface area (Å²) in [6, 6.07) is 8.64. The molecule has 5 aliphatic rings. The summed E-state index contributed by atoms with van der Waals surface area (Å²) in [4.78, 5) is 40.7. The number of nitrogens with two attached hydrogens (primary N) is 1. The number of aliphatic hydroxyl groups is 1. The van der Waals surface area contributed by atoms with E-state index in [1.807, 2.05) is 13.1 Å². The van der Waals surface area contributed by atoms with E-state index >= 15 is 0 Å². The predicted octanol–water partition coefficient (Wildman–Crippen LogP) is 2.34. The summed E-state index contributed by atoms with van der Waals surface area (Å²) < 4.78 is 5.72. The number of hydrogen-bond acceptors (Lipinski definition) is 6. The largest absolute Gasteiger partial charge is 0.477 e. The summed E-state index contributed by atoms with van der Waals surface area (Å²) in [7, 11) is 0. The fourth-order valence-electron chi connectivity index (χ4n) is 8.59. The smallest absolute Gasteiger partial charge is 0.414 e.